The van der Waals surface area contributed by atoms with Crippen LogP contribution in [0.3, 0.4) is 0 Å². The molecule has 0 atom stereocenters. The van der Waals surface area contributed by atoms with E-state index in [4.69, 9.17) is 0 Å². The van der Waals surface area contributed by atoms with Crippen LogP contribution in [0.4, 0.5) is 0 Å². The van der Waals surface area contributed by atoms with Gasteiger partial charge in [-0.25, -0.2) is 0 Å². The smallest absolute Gasteiger partial charge is 0.261 e. The van der Waals surface area contributed by atoms with E-state index in [0.29, 0.717) is 6.04 Å². The fraction of sp³-hybridized carbons (Fsp3) is 0.545. The van der Waals surface area contributed by atoms with Crippen LogP contribution in [0.2, 0.25) is 0 Å². The number of thiophene rings is 1. The average molecular weight is 254 g/mol. The van der Waals surface area contributed by atoms with Crippen LogP contribution in [0.5, 0.6) is 0 Å². The summed E-state index contributed by atoms with van der Waals surface area (Å²) in [5.41, 5.74) is 1.37. The number of nitrogens with one attached hydrogen (secondary N) is 2. The minimum Gasteiger partial charge on any atom is -0.346 e. The fourth-order valence-corrected chi connectivity index (χ4v) is 4.18. The topological polar surface area (TPSA) is 41.1 Å². The third-order valence-corrected chi connectivity index (χ3v) is 5.21. The monoisotopic (exact) mass is 254 g/mol. The van der Waals surface area contributed by atoms with Gasteiger partial charge in [-0.3, -0.25) is 4.79 Å². The molecule has 0 aliphatic carbocycles. The Morgan fingerprint density at radius 2 is 2.38 bits per heavy atom. The first-order valence-electron chi connectivity index (χ1n) is 5.54. The van der Waals surface area contributed by atoms with E-state index < -0.39 is 0 Å². The van der Waals surface area contributed by atoms with Gasteiger partial charge in [-0.2, -0.15) is 11.8 Å². The van der Waals surface area contributed by atoms with Crippen LogP contribution >= 0.6 is 23.1 Å². The van der Waals surface area contributed by atoms with Crippen molar-refractivity contribution in [2.45, 2.75) is 18.2 Å². The van der Waals surface area contributed by atoms with E-state index in [9.17, 15) is 4.79 Å². The Hall–Kier alpha value is -0.520. The largest absolute Gasteiger partial charge is 0.346 e. The van der Waals surface area contributed by atoms with E-state index in [1.165, 1.54) is 16.2 Å². The molecule has 3 rings (SSSR count). The summed E-state index contributed by atoms with van der Waals surface area (Å²) >= 11 is 3.63. The van der Waals surface area contributed by atoms with E-state index >= 15 is 0 Å². The maximum Gasteiger partial charge on any atom is 0.261 e. The molecule has 0 bridgehead atoms. The molecular formula is C11H14N2OS2. The van der Waals surface area contributed by atoms with Gasteiger partial charge in [0.1, 0.15) is 0 Å². The summed E-state index contributed by atoms with van der Waals surface area (Å²) < 4.78 is 0. The van der Waals surface area contributed by atoms with Gasteiger partial charge in [0.25, 0.3) is 5.91 Å². The zero-order valence-corrected chi connectivity index (χ0v) is 10.5. The van der Waals surface area contributed by atoms with E-state index in [2.05, 4.69) is 16.7 Å². The van der Waals surface area contributed by atoms with Gasteiger partial charge in [0.15, 0.2) is 0 Å². The maximum atomic E-state index is 11.9. The third-order valence-electron chi connectivity index (χ3n) is 2.97. The molecule has 2 N–H and O–H groups in total. The van der Waals surface area contributed by atoms with Crippen LogP contribution in [0, 0.1) is 0 Å². The van der Waals surface area contributed by atoms with Crippen LogP contribution in [-0.2, 0) is 12.2 Å². The van der Waals surface area contributed by atoms with Gasteiger partial charge in [0.05, 0.1) is 10.9 Å². The molecule has 86 valence electrons. The number of rotatable bonds is 2. The van der Waals surface area contributed by atoms with E-state index in [1.54, 1.807) is 11.3 Å². The zero-order chi connectivity index (χ0) is 11.0. The van der Waals surface area contributed by atoms with Crippen molar-refractivity contribution in [1.29, 1.82) is 0 Å². The quantitative estimate of drug-likeness (QED) is 0.834. The summed E-state index contributed by atoms with van der Waals surface area (Å²) in [4.78, 5) is 14.2. The minimum absolute atomic E-state index is 0.107. The molecule has 2 aliphatic rings. The molecule has 0 saturated carbocycles. The molecule has 0 spiro atoms. The fourth-order valence-electron chi connectivity index (χ4n) is 1.91. The van der Waals surface area contributed by atoms with Crippen molar-refractivity contribution in [3.63, 3.8) is 0 Å². The van der Waals surface area contributed by atoms with Gasteiger partial charge >= 0.3 is 0 Å². The Labute approximate surface area is 103 Å². The second kappa shape index (κ2) is 4.39. The third kappa shape index (κ3) is 1.99. The summed E-state index contributed by atoms with van der Waals surface area (Å²) in [7, 11) is 0. The molecule has 5 heteroatoms. The lowest BCUT2D eigenvalue weighted by atomic mass is 10.2. The van der Waals surface area contributed by atoms with Gasteiger partial charge < -0.3 is 10.6 Å². The second-order valence-corrected chi connectivity index (χ2v) is 6.43. The highest BCUT2D eigenvalue weighted by Gasteiger charge is 2.22. The number of fused-ring (bicyclic) bond motifs is 1. The van der Waals surface area contributed by atoms with Gasteiger partial charge in [-0.05, 0) is 23.8 Å². The first-order valence-corrected chi connectivity index (χ1v) is 7.51. The van der Waals surface area contributed by atoms with Gasteiger partial charge in [0.2, 0.25) is 0 Å². The highest BCUT2D eigenvalue weighted by atomic mass is 32.2. The number of carbonyl (C=O) groups excluding carboxylic acids is 1. The van der Waals surface area contributed by atoms with E-state index in [-0.39, 0.29) is 5.91 Å². The van der Waals surface area contributed by atoms with E-state index in [0.717, 1.165) is 30.1 Å². The van der Waals surface area contributed by atoms with Crippen LogP contribution in [-0.4, -0.2) is 30.8 Å². The summed E-state index contributed by atoms with van der Waals surface area (Å²) in [5.74, 6) is 2.38. The van der Waals surface area contributed by atoms with E-state index in [1.807, 2.05) is 11.8 Å². The lowest BCUT2D eigenvalue weighted by molar-refractivity contribution is 0.0928. The molecule has 1 fully saturated rings. The SMILES string of the molecule is O=C(NC1CNC1)c1cc2c(s1)CCSC2. The second-order valence-electron chi connectivity index (χ2n) is 4.19. The van der Waals surface area contributed by atoms with Crippen LogP contribution in [0.25, 0.3) is 0 Å². The van der Waals surface area contributed by atoms with Crippen LogP contribution < -0.4 is 10.6 Å². The molecule has 0 radical (unpaired) electrons. The number of hydrogen-bond acceptors (Lipinski definition) is 4. The molecule has 3 nitrogen and oxygen atoms in total. The molecule has 16 heavy (non-hydrogen) atoms. The van der Waals surface area contributed by atoms with Crippen LogP contribution in [0.15, 0.2) is 6.07 Å². The Balaban J connectivity index is 1.72. The number of carbonyl (C=O) groups is 1. The maximum absolute atomic E-state index is 11.9. The Kier molecular flexibility index (Phi) is 2.91. The summed E-state index contributed by atoms with van der Waals surface area (Å²) in [6.45, 7) is 1.82. The van der Waals surface area contributed by atoms with Crippen molar-refractivity contribution >= 4 is 29.0 Å². The minimum atomic E-state index is 0.107. The Morgan fingerprint density at radius 3 is 3.06 bits per heavy atom. The number of aryl methyl sites for hydroxylation is 1. The molecule has 1 amide bonds. The average Bonchev–Trinajstić information content (AvgIpc) is 2.66. The molecule has 3 heterocycles. The molecule has 1 saturated heterocycles. The Morgan fingerprint density at radius 1 is 1.50 bits per heavy atom. The predicted molar refractivity (Wildman–Crippen MR) is 68.3 cm³/mol. The molecule has 1 aromatic rings. The van der Waals surface area contributed by atoms with Gasteiger partial charge in [-0.1, -0.05) is 0 Å². The lowest BCUT2D eigenvalue weighted by Crippen LogP contribution is -2.56. The highest BCUT2D eigenvalue weighted by Crippen LogP contribution is 2.31. The van der Waals surface area contributed by atoms with Crippen molar-refractivity contribution in [3.05, 3.63) is 21.4 Å². The standard InChI is InChI=1S/C11H14N2OS2/c14-11(13-8-4-12-5-8)10-3-7-6-15-2-1-9(7)16-10/h3,8,12H,1-2,4-6H2,(H,13,14). The first-order chi connectivity index (χ1) is 7.83. The van der Waals surface area contributed by atoms with Crippen molar-refractivity contribution in [2.24, 2.45) is 0 Å². The first kappa shape index (κ1) is 10.6. The van der Waals surface area contributed by atoms with Crippen molar-refractivity contribution < 1.29 is 4.79 Å². The molecule has 0 aromatic carbocycles. The molecule has 1 aromatic heterocycles. The van der Waals surface area contributed by atoms with Gasteiger partial charge in [0, 0.05) is 23.7 Å². The van der Waals surface area contributed by atoms with Gasteiger partial charge in [-0.15, -0.1) is 11.3 Å². The number of hydrogen-bond donors (Lipinski definition) is 2. The molecule has 2 aliphatic heterocycles. The normalized spacial score (nSPS) is 20.0. The molecular weight excluding hydrogens is 240 g/mol. The van der Waals surface area contributed by atoms with Crippen molar-refractivity contribution in [1.82, 2.24) is 10.6 Å². The summed E-state index contributed by atoms with van der Waals surface area (Å²) in [6, 6.07) is 2.41. The van der Waals surface area contributed by atoms with Crippen molar-refractivity contribution in [2.75, 3.05) is 18.8 Å². The lowest BCUT2D eigenvalue weighted by Gasteiger charge is -2.27. The number of amides is 1. The highest BCUT2D eigenvalue weighted by molar-refractivity contribution is 7.98. The predicted octanol–water partition coefficient (Wildman–Crippen LogP) is 1.24. The van der Waals surface area contributed by atoms with Crippen LogP contribution in [0.1, 0.15) is 20.1 Å². The number of thioether (sulfide) groups is 1. The molecule has 0 unspecified atom stereocenters. The summed E-state index contributed by atoms with van der Waals surface area (Å²) in [6.07, 6.45) is 1.13. The summed E-state index contributed by atoms with van der Waals surface area (Å²) in [5, 5.41) is 6.20. The van der Waals surface area contributed by atoms with Crippen molar-refractivity contribution in [3.8, 4) is 0 Å². The Bertz CT molecular complexity index is 389. The zero-order valence-electron chi connectivity index (χ0n) is 8.91.